The van der Waals surface area contributed by atoms with Crippen LogP contribution in [-0.4, -0.2) is 68.8 Å². The number of halogens is 3. The normalized spacial score (nSPS) is 9.72. The summed E-state index contributed by atoms with van der Waals surface area (Å²) in [6.07, 6.45) is 0. The maximum Gasteiger partial charge on any atom is 0.130 e. The number of hydrogen-bond acceptors (Lipinski definition) is 9. The quantitative estimate of drug-likeness (QED) is 0.262. The van der Waals surface area contributed by atoms with E-state index in [4.69, 9.17) is 28.4 Å². The minimum Gasteiger partial charge on any atom is -0.496 e. The van der Waals surface area contributed by atoms with Gasteiger partial charge in [-0.15, -0.1) is 37.2 Å². The fraction of sp³-hybridized carbons (Fsp3) is 0.500. The molecule has 0 saturated heterocycles. The molecule has 3 N–H and O–H groups in total. The molecule has 208 valence electrons. The summed E-state index contributed by atoms with van der Waals surface area (Å²) in [5.41, 5.74) is 1.93. The van der Waals surface area contributed by atoms with Crippen LogP contribution >= 0.6 is 37.2 Å². The van der Waals surface area contributed by atoms with E-state index in [1.807, 2.05) is 24.3 Å². The molecule has 0 bridgehead atoms. The molecule has 9 nitrogen and oxygen atoms in total. The molecule has 2 aromatic carbocycles. The zero-order valence-corrected chi connectivity index (χ0v) is 24.2. The van der Waals surface area contributed by atoms with Crippen molar-refractivity contribution in [3.63, 3.8) is 0 Å². The standard InChI is InChI=1S/C24H37N3O6.3ClH/c1-28-17-11-21(30-3)19(22(12-17)31-4)15-26-9-7-25-8-10-27-16-20-23(32-5)13-18(29-2)14-24(20)33-6;;;/h11-14,25-27H,7-10,15-16H2,1-6H3;3*1H. The number of hydrogen-bond donors (Lipinski definition) is 3. The molecule has 0 atom stereocenters. The number of nitrogens with one attached hydrogen (secondary N) is 3. The fourth-order valence-electron chi connectivity index (χ4n) is 3.41. The highest BCUT2D eigenvalue weighted by Gasteiger charge is 2.14. The lowest BCUT2D eigenvalue weighted by atomic mass is 10.1. The third-order valence-corrected chi connectivity index (χ3v) is 5.19. The molecule has 0 heterocycles. The Morgan fingerprint density at radius 1 is 0.444 bits per heavy atom. The molecular formula is C24H40Cl3N3O6. The van der Waals surface area contributed by atoms with Gasteiger partial charge in [-0.05, 0) is 0 Å². The molecule has 12 heteroatoms. The van der Waals surface area contributed by atoms with Gasteiger partial charge >= 0.3 is 0 Å². The number of ether oxygens (including phenoxy) is 6. The lowest BCUT2D eigenvalue weighted by molar-refractivity contribution is 0.366. The summed E-state index contributed by atoms with van der Waals surface area (Å²) in [6, 6.07) is 7.43. The Balaban J connectivity index is 0. The molecule has 2 rings (SSSR count). The topological polar surface area (TPSA) is 91.5 Å². The van der Waals surface area contributed by atoms with Crippen LogP contribution in [0.25, 0.3) is 0 Å². The van der Waals surface area contributed by atoms with Crippen LogP contribution in [0.15, 0.2) is 24.3 Å². The van der Waals surface area contributed by atoms with Crippen molar-refractivity contribution in [3.8, 4) is 34.5 Å². The first kappa shape index (κ1) is 36.1. The second kappa shape index (κ2) is 20.1. The Bertz CT molecular complexity index is 757. The van der Waals surface area contributed by atoms with Crippen molar-refractivity contribution in [1.29, 1.82) is 0 Å². The van der Waals surface area contributed by atoms with Gasteiger partial charge in [0.1, 0.15) is 34.5 Å². The van der Waals surface area contributed by atoms with Crippen LogP contribution in [0.2, 0.25) is 0 Å². The van der Waals surface area contributed by atoms with Crippen molar-refractivity contribution in [1.82, 2.24) is 16.0 Å². The van der Waals surface area contributed by atoms with Crippen LogP contribution in [0, 0.1) is 0 Å². The van der Waals surface area contributed by atoms with Gasteiger partial charge in [0.05, 0.1) is 53.8 Å². The number of methoxy groups -OCH3 is 6. The Morgan fingerprint density at radius 2 is 0.722 bits per heavy atom. The average molecular weight is 573 g/mol. The predicted molar refractivity (Wildman–Crippen MR) is 150 cm³/mol. The molecule has 0 amide bonds. The van der Waals surface area contributed by atoms with E-state index >= 15 is 0 Å². The molecule has 0 aliphatic carbocycles. The second-order valence-corrected chi connectivity index (χ2v) is 7.12. The van der Waals surface area contributed by atoms with Gasteiger partial charge < -0.3 is 44.4 Å². The smallest absolute Gasteiger partial charge is 0.130 e. The predicted octanol–water partition coefficient (Wildman–Crippen LogP) is 3.47. The highest BCUT2D eigenvalue weighted by atomic mass is 35.5. The molecule has 0 aliphatic rings. The second-order valence-electron chi connectivity index (χ2n) is 7.12. The van der Waals surface area contributed by atoms with Crippen molar-refractivity contribution >= 4 is 37.2 Å². The van der Waals surface area contributed by atoms with E-state index < -0.39 is 0 Å². The summed E-state index contributed by atoms with van der Waals surface area (Å²) < 4.78 is 32.5. The SMILES string of the molecule is COc1cc(OC)c(CNCCNCCNCc2c(OC)cc(OC)cc2OC)c(OC)c1.Cl.Cl.Cl. The van der Waals surface area contributed by atoms with Gasteiger partial charge in [-0.3, -0.25) is 0 Å². The van der Waals surface area contributed by atoms with Crippen molar-refractivity contribution in [2.24, 2.45) is 0 Å². The Morgan fingerprint density at radius 3 is 0.972 bits per heavy atom. The third kappa shape index (κ3) is 10.5. The van der Waals surface area contributed by atoms with Crippen LogP contribution < -0.4 is 44.4 Å². The van der Waals surface area contributed by atoms with Crippen molar-refractivity contribution in [2.45, 2.75) is 13.1 Å². The van der Waals surface area contributed by atoms with E-state index in [0.717, 1.165) is 60.3 Å². The summed E-state index contributed by atoms with van der Waals surface area (Å²) >= 11 is 0. The van der Waals surface area contributed by atoms with E-state index in [1.165, 1.54) is 0 Å². The van der Waals surface area contributed by atoms with Crippen LogP contribution in [0.5, 0.6) is 34.5 Å². The zero-order valence-electron chi connectivity index (χ0n) is 21.7. The van der Waals surface area contributed by atoms with Gasteiger partial charge in [0.15, 0.2) is 0 Å². The van der Waals surface area contributed by atoms with E-state index in [0.29, 0.717) is 24.6 Å². The van der Waals surface area contributed by atoms with Crippen LogP contribution in [0.1, 0.15) is 11.1 Å². The van der Waals surface area contributed by atoms with Gasteiger partial charge in [0, 0.05) is 63.5 Å². The maximum atomic E-state index is 5.49. The first-order valence-electron chi connectivity index (χ1n) is 10.8. The minimum atomic E-state index is 0. The largest absolute Gasteiger partial charge is 0.496 e. The molecule has 0 spiro atoms. The molecule has 0 aliphatic heterocycles. The van der Waals surface area contributed by atoms with Crippen LogP contribution in [0.3, 0.4) is 0 Å². The van der Waals surface area contributed by atoms with E-state index in [-0.39, 0.29) is 37.2 Å². The Labute approximate surface area is 233 Å². The lowest BCUT2D eigenvalue weighted by Crippen LogP contribution is -2.32. The Hall–Kier alpha value is -2.01. The molecular weight excluding hydrogens is 533 g/mol. The van der Waals surface area contributed by atoms with E-state index in [9.17, 15) is 0 Å². The molecule has 0 radical (unpaired) electrons. The van der Waals surface area contributed by atoms with Crippen LogP contribution in [-0.2, 0) is 13.1 Å². The van der Waals surface area contributed by atoms with E-state index in [2.05, 4.69) is 16.0 Å². The lowest BCUT2D eigenvalue weighted by Gasteiger charge is -2.16. The Kier molecular flexibility index (Phi) is 20.2. The van der Waals surface area contributed by atoms with Gasteiger partial charge in [0.25, 0.3) is 0 Å². The monoisotopic (exact) mass is 571 g/mol. The summed E-state index contributed by atoms with van der Waals surface area (Å²) in [5.74, 6) is 4.35. The number of rotatable bonds is 16. The third-order valence-electron chi connectivity index (χ3n) is 5.19. The first-order valence-corrected chi connectivity index (χ1v) is 10.8. The number of benzene rings is 2. The van der Waals surface area contributed by atoms with Gasteiger partial charge in [0.2, 0.25) is 0 Å². The molecule has 2 aromatic rings. The fourth-order valence-corrected chi connectivity index (χ4v) is 3.41. The van der Waals surface area contributed by atoms with Crippen molar-refractivity contribution in [3.05, 3.63) is 35.4 Å². The molecule has 36 heavy (non-hydrogen) atoms. The maximum absolute atomic E-state index is 5.49. The van der Waals surface area contributed by atoms with Crippen molar-refractivity contribution in [2.75, 3.05) is 68.8 Å². The molecule has 0 aromatic heterocycles. The zero-order chi connectivity index (χ0) is 24.1. The highest BCUT2D eigenvalue weighted by Crippen LogP contribution is 2.34. The first-order chi connectivity index (χ1) is 16.1. The summed E-state index contributed by atoms with van der Waals surface area (Å²) in [4.78, 5) is 0. The molecule has 0 saturated carbocycles. The van der Waals surface area contributed by atoms with Gasteiger partial charge in [-0.1, -0.05) is 0 Å². The highest BCUT2D eigenvalue weighted by molar-refractivity contribution is 5.86. The molecule has 0 fully saturated rings. The summed E-state index contributed by atoms with van der Waals surface area (Å²) in [7, 11) is 9.81. The van der Waals surface area contributed by atoms with E-state index in [1.54, 1.807) is 42.7 Å². The van der Waals surface area contributed by atoms with Crippen LogP contribution in [0.4, 0.5) is 0 Å². The minimum absolute atomic E-state index is 0. The summed E-state index contributed by atoms with van der Waals surface area (Å²) in [5, 5.41) is 10.3. The van der Waals surface area contributed by atoms with Crippen molar-refractivity contribution < 1.29 is 28.4 Å². The van der Waals surface area contributed by atoms with Gasteiger partial charge in [-0.25, -0.2) is 0 Å². The molecule has 0 unspecified atom stereocenters. The average Bonchev–Trinajstić information content (AvgIpc) is 2.86. The summed E-state index contributed by atoms with van der Waals surface area (Å²) in [6.45, 7) is 4.53. The van der Waals surface area contributed by atoms with Gasteiger partial charge in [-0.2, -0.15) is 0 Å².